The summed E-state index contributed by atoms with van der Waals surface area (Å²) in [5.41, 5.74) is 1.31. The van der Waals surface area contributed by atoms with Crippen LogP contribution in [0.25, 0.3) is 0 Å². The number of aliphatic hydroxyl groups excluding tert-OH is 1. The number of β-lactam (4-membered cyclic amide) rings is 1. The summed E-state index contributed by atoms with van der Waals surface area (Å²) in [5.74, 6) is -3.35. The molecule has 30 heavy (non-hydrogen) atoms. The van der Waals surface area contributed by atoms with Gasteiger partial charge < -0.3 is 24.5 Å². The number of thioether (sulfide) groups is 1. The van der Waals surface area contributed by atoms with Crippen LogP contribution in [-0.2, 0) is 16.1 Å². The SMILES string of the molecule is CC1(C)S[C@@H]2[C@H]([C@H](O)C(=O)c3cccn3Cc3ccccc3)C(=O)N2[C@H]1C(=O)[O-].[Na+]. The quantitative estimate of drug-likeness (QED) is 0.306. The molecule has 4 rings (SSSR count). The number of benzene rings is 1. The van der Waals surface area contributed by atoms with Crippen molar-refractivity contribution in [3.8, 4) is 0 Å². The molecule has 0 aliphatic carbocycles. The summed E-state index contributed by atoms with van der Waals surface area (Å²) < 4.78 is 0.974. The first-order valence-corrected chi connectivity index (χ1v) is 10.2. The molecule has 2 saturated heterocycles. The Hall–Kier alpha value is -1.58. The van der Waals surface area contributed by atoms with Gasteiger partial charge in [-0.1, -0.05) is 30.3 Å². The van der Waals surface area contributed by atoms with E-state index in [1.54, 1.807) is 36.7 Å². The molecule has 2 fully saturated rings. The van der Waals surface area contributed by atoms with E-state index >= 15 is 0 Å². The summed E-state index contributed by atoms with van der Waals surface area (Å²) in [6.07, 6.45) is 0.221. The number of Topliss-reactive ketones (excluding diaryl/α,β-unsaturated/α-hetero) is 1. The number of ketones is 1. The number of hydrogen-bond donors (Lipinski definition) is 1. The zero-order chi connectivity index (χ0) is 20.9. The maximum absolute atomic E-state index is 13.0. The zero-order valence-electron chi connectivity index (χ0n) is 17.0. The molecule has 3 heterocycles. The molecular formula is C21H21N2NaO5S. The van der Waals surface area contributed by atoms with Crippen LogP contribution in [-0.4, -0.2) is 54.5 Å². The molecule has 4 atom stereocenters. The number of aliphatic hydroxyl groups is 1. The minimum atomic E-state index is -1.53. The number of aromatic nitrogens is 1. The first-order valence-electron chi connectivity index (χ1n) is 9.34. The number of carboxylic acids is 1. The van der Waals surface area contributed by atoms with Crippen molar-refractivity contribution in [2.24, 2.45) is 5.92 Å². The van der Waals surface area contributed by atoms with E-state index in [1.807, 2.05) is 30.3 Å². The van der Waals surface area contributed by atoms with Gasteiger partial charge in [-0.15, -0.1) is 11.8 Å². The topological polar surface area (TPSA) is 103 Å². The summed E-state index contributed by atoms with van der Waals surface area (Å²) in [6, 6.07) is 11.9. The van der Waals surface area contributed by atoms with Crippen molar-refractivity contribution in [1.29, 1.82) is 0 Å². The molecule has 152 valence electrons. The molecule has 1 N–H and O–H groups in total. The predicted octanol–water partition coefficient (Wildman–Crippen LogP) is -2.49. The minimum Gasteiger partial charge on any atom is -0.548 e. The van der Waals surface area contributed by atoms with Gasteiger partial charge in [0.05, 0.1) is 23.1 Å². The Balaban J connectivity index is 0.00000256. The molecule has 0 unspecified atom stereocenters. The van der Waals surface area contributed by atoms with E-state index in [-0.39, 0.29) is 29.6 Å². The molecule has 0 radical (unpaired) electrons. The molecule has 2 aromatic rings. The van der Waals surface area contributed by atoms with Crippen molar-refractivity contribution in [2.75, 3.05) is 0 Å². The van der Waals surface area contributed by atoms with E-state index in [2.05, 4.69) is 0 Å². The van der Waals surface area contributed by atoms with E-state index in [9.17, 15) is 24.6 Å². The third-order valence-electron chi connectivity index (χ3n) is 5.59. The van der Waals surface area contributed by atoms with Crippen LogP contribution in [0.15, 0.2) is 48.7 Å². The molecule has 7 nitrogen and oxygen atoms in total. The van der Waals surface area contributed by atoms with Crippen LogP contribution in [0.5, 0.6) is 0 Å². The van der Waals surface area contributed by atoms with E-state index in [1.165, 1.54) is 16.7 Å². The van der Waals surface area contributed by atoms with E-state index in [0.29, 0.717) is 12.2 Å². The van der Waals surface area contributed by atoms with Crippen LogP contribution in [0, 0.1) is 5.92 Å². The fraction of sp³-hybridized carbons (Fsp3) is 0.381. The summed E-state index contributed by atoms with van der Waals surface area (Å²) in [4.78, 5) is 38.4. The van der Waals surface area contributed by atoms with Crippen molar-refractivity contribution < 1.29 is 54.2 Å². The maximum Gasteiger partial charge on any atom is 1.00 e. The molecule has 1 aromatic heterocycles. The minimum absolute atomic E-state index is 0. The molecule has 2 aliphatic heterocycles. The van der Waals surface area contributed by atoms with Crippen LogP contribution < -0.4 is 34.7 Å². The Morgan fingerprint density at radius 3 is 2.50 bits per heavy atom. The number of aliphatic carboxylic acids is 1. The smallest absolute Gasteiger partial charge is 0.548 e. The van der Waals surface area contributed by atoms with Gasteiger partial charge in [0.25, 0.3) is 0 Å². The number of rotatable bonds is 6. The Morgan fingerprint density at radius 1 is 1.20 bits per heavy atom. The number of carboxylic acid groups (broad SMARTS) is 1. The standard InChI is InChI=1S/C21H22N2O5S.Na/c1-21(2)17(20(27)28)23-18(26)14(19(23)29-21)16(25)15(24)13-9-6-10-22(13)11-12-7-4-3-5-8-12;/h3-10,14,16-17,19,25H,11H2,1-2H3,(H,27,28);/q;+1/p-1/t14-,16+,17+,19-;/m1./s1. The van der Waals surface area contributed by atoms with Gasteiger partial charge in [-0.05, 0) is 31.5 Å². The van der Waals surface area contributed by atoms with Crippen molar-refractivity contribution in [2.45, 2.75) is 42.7 Å². The maximum atomic E-state index is 13.0. The fourth-order valence-corrected chi connectivity index (χ4v) is 5.90. The predicted molar refractivity (Wildman–Crippen MR) is 105 cm³/mol. The molecule has 1 amide bonds. The van der Waals surface area contributed by atoms with Gasteiger partial charge in [-0.25, -0.2) is 0 Å². The van der Waals surface area contributed by atoms with Crippen molar-refractivity contribution in [3.05, 3.63) is 59.9 Å². The van der Waals surface area contributed by atoms with E-state index in [4.69, 9.17) is 0 Å². The van der Waals surface area contributed by atoms with E-state index < -0.39 is 45.8 Å². The Bertz CT molecular complexity index is 977. The van der Waals surface area contributed by atoms with Crippen LogP contribution >= 0.6 is 11.8 Å². The fourth-order valence-electron chi connectivity index (χ4n) is 4.18. The molecule has 1 aromatic carbocycles. The van der Waals surface area contributed by atoms with Crippen molar-refractivity contribution in [3.63, 3.8) is 0 Å². The second-order valence-corrected chi connectivity index (χ2v) is 9.69. The summed E-state index contributed by atoms with van der Waals surface area (Å²) in [6.45, 7) is 3.91. The largest absolute Gasteiger partial charge is 1.00 e. The number of nitrogens with zero attached hydrogens (tertiary/aromatic N) is 2. The Morgan fingerprint density at radius 2 is 1.87 bits per heavy atom. The van der Waals surface area contributed by atoms with Crippen LogP contribution in [0.3, 0.4) is 0 Å². The van der Waals surface area contributed by atoms with Crippen LogP contribution in [0.1, 0.15) is 29.9 Å². The zero-order valence-corrected chi connectivity index (χ0v) is 19.8. The Labute approximate surface area is 200 Å². The van der Waals surface area contributed by atoms with Gasteiger partial charge >= 0.3 is 29.6 Å². The molecular weight excluding hydrogens is 415 g/mol. The van der Waals surface area contributed by atoms with Gasteiger partial charge in [0.2, 0.25) is 11.7 Å². The van der Waals surface area contributed by atoms with Gasteiger partial charge in [-0.3, -0.25) is 9.59 Å². The molecule has 0 saturated carbocycles. The van der Waals surface area contributed by atoms with Crippen molar-refractivity contribution >= 4 is 29.4 Å². The molecule has 2 aliphatic rings. The van der Waals surface area contributed by atoms with Gasteiger partial charge in [0.15, 0.2) is 0 Å². The van der Waals surface area contributed by atoms with Gasteiger partial charge in [-0.2, -0.15) is 0 Å². The number of hydrogen-bond acceptors (Lipinski definition) is 6. The monoisotopic (exact) mass is 436 g/mol. The number of carbonyl (C=O) groups excluding carboxylic acids is 3. The summed E-state index contributed by atoms with van der Waals surface area (Å²) in [5, 5.41) is 21.7. The number of carbonyl (C=O) groups is 3. The second-order valence-electron chi connectivity index (χ2n) is 7.92. The summed E-state index contributed by atoms with van der Waals surface area (Å²) in [7, 11) is 0. The van der Waals surface area contributed by atoms with E-state index in [0.717, 1.165) is 5.56 Å². The van der Waals surface area contributed by atoms with Crippen LogP contribution in [0.4, 0.5) is 0 Å². The third kappa shape index (κ3) is 3.76. The molecule has 9 heteroatoms. The average Bonchev–Trinajstić information content (AvgIpc) is 3.22. The molecule has 0 bridgehead atoms. The Kier molecular flexibility index (Phi) is 6.55. The number of amides is 1. The normalized spacial score (nSPS) is 25.1. The summed E-state index contributed by atoms with van der Waals surface area (Å²) >= 11 is 1.28. The number of fused-ring (bicyclic) bond motifs is 1. The van der Waals surface area contributed by atoms with Crippen LogP contribution in [0.2, 0.25) is 0 Å². The first-order chi connectivity index (χ1) is 13.7. The molecule has 0 spiro atoms. The van der Waals surface area contributed by atoms with Gasteiger partial charge in [0, 0.05) is 17.5 Å². The second kappa shape index (κ2) is 8.51. The van der Waals surface area contributed by atoms with Crippen molar-refractivity contribution in [1.82, 2.24) is 9.47 Å². The van der Waals surface area contributed by atoms with Gasteiger partial charge in [0.1, 0.15) is 12.0 Å². The third-order valence-corrected chi connectivity index (χ3v) is 7.18. The average molecular weight is 436 g/mol. The first kappa shape index (κ1) is 23.1.